The number of hydrogen-bond acceptors (Lipinski definition) is 1. The van der Waals surface area contributed by atoms with Crippen LogP contribution in [0.1, 0.15) is 30.4 Å². The molecule has 2 unspecified atom stereocenters. The van der Waals surface area contributed by atoms with Crippen LogP contribution in [0.3, 0.4) is 0 Å². The van der Waals surface area contributed by atoms with Gasteiger partial charge in [0, 0.05) is 10.9 Å². The summed E-state index contributed by atoms with van der Waals surface area (Å²) in [5, 5.41) is 10.2. The third-order valence-electron chi connectivity index (χ3n) is 3.46. The zero-order valence-corrected chi connectivity index (χ0v) is 13.0. The molecule has 0 saturated heterocycles. The van der Waals surface area contributed by atoms with Crippen molar-refractivity contribution >= 4 is 15.9 Å². The molecule has 2 aromatic carbocycles. The molecule has 0 aliphatic carbocycles. The number of halogens is 2. The molecule has 2 aromatic rings. The fraction of sp³-hybridized carbons (Fsp3) is 0.294. The topological polar surface area (TPSA) is 20.2 Å². The molecule has 0 radical (unpaired) electrons. The molecule has 2 atom stereocenters. The lowest BCUT2D eigenvalue weighted by atomic mass is 9.92. The predicted molar refractivity (Wildman–Crippen MR) is 83.3 cm³/mol. The van der Waals surface area contributed by atoms with Crippen LogP contribution in [0.2, 0.25) is 0 Å². The van der Waals surface area contributed by atoms with Gasteiger partial charge in [0.2, 0.25) is 0 Å². The van der Waals surface area contributed by atoms with E-state index in [1.54, 1.807) is 12.1 Å². The van der Waals surface area contributed by atoms with E-state index in [1.165, 1.54) is 11.6 Å². The zero-order valence-electron chi connectivity index (χ0n) is 11.4. The van der Waals surface area contributed by atoms with Crippen LogP contribution in [-0.2, 0) is 6.42 Å². The second-order valence-corrected chi connectivity index (χ2v) is 6.06. The standard InChI is InChI=1S/C17H18BrFO/c1-12(13-5-3-2-4-6-13)9-16(20)11-14-10-15(18)7-8-17(14)19/h2-8,10,12,16,20H,9,11H2,1H3. The number of rotatable bonds is 5. The molecule has 0 saturated carbocycles. The van der Waals surface area contributed by atoms with Crippen LogP contribution in [0, 0.1) is 5.82 Å². The molecular formula is C17H18BrFO. The van der Waals surface area contributed by atoms with E-state index in [-0.39, 0.29) is 11.7 Å². The maximum Gasteiger partial charge on any atom is 0.126 e. The summed E-state index contributed by atoms with van der Waals surface area (Å²) in [6.07, 6.45) is 0.410. The summed E-state index contributed by atoms with van der Waals surface area (Å²) >= 11 is 3.33. The summed E-state index contributed by atoms with van der Waals surface area (Å²) in [5.41, 5.74) is 1.74. The van der Waals surface area contributed by atoms with E-state index in [4.69, 9.17) is 0 Å². The minimum absolute atomic E-state index is 0.251. The van der Waals surface area contributed by atoms with Gasteiger partial charge in [-0.2, -0.15) is 0 Å². The fourth-order valence-electron chi connectivity index (χ4n) is 2.36. The van der Waals surface area contributed by atoms with Gasteiger partial charge in [0.25, 0.3) is 0 Å². The number of aliphatic hydroxyl groups excluding tert-OH is 1. The molecule has 0 heterocycles. The summed E-state index contributed by atoms with van der Waals surface area (Å²) in [5.74, 6) is -0.0129. The van der Waals surface area contributed by atoms with Crippen molar-refractivity contribution in [2.45, 2.75) is 31.8 Å². The molecule has 0 spiro atoms. The highest BCUT2D eigenvalue weighted by atomic mass is 79.9. The van der Waals surface area contributed by atoms with Gasteiger partial charge in [0.15, 0.2) is 0 Å². The van der Waals surface area contributed by atoms with E-state index in [9.17, 15) is 9.50 Å². The normalized spacial score (nSPS) is 14.0. The van der Waals surface area contributed by atoms with Crippen LogP contribution >= 0.6 is 15.9 Å². The monoisotopic (exact) mass is 336 g/mol. The van der Waals surface area contributed by atoms with Crippen molar-refractivity contribution in [3.63, 3.8) is 0 Å². The van der Waals surface area contributed by atoms with Crippen molar-refractivity contribution < 1.29 is 9.50 Å². The minimum Gasteiger partial charge on any atom is -0.393 e. The molecule has 0 aromatic heterocycles. The number of aliphatic hydroxyl groups is 1. The summed E-state index contributed by atoms with van der Waals surface area (Å²) in [6.45, 7) is 2.08. The van der Waals surface area contributed by atoms with Gasteiger partial charge in [0.05, 0.1) is 6.10 Å². The van der Waals surface area contributed by atoms with Gasteiger partial charge in [0.1, 0.15) is 5.82 Å². The third-order valence-corrected chi connectivity index (χ3v) is 3.95. The van der Waals surface area contributed by atoms with Crippen molar-refractivity contribution in [1.29, 1.82) is 0 Å². The van der Waals surface area contributed by atoms with Crippen LogP contribution in [0.15, 0.2) is 53.0 Å². The van der Waals surface area contributed by atoms with Crippen LogP contribution in [0.5, 0.6) is 0 Å². The largest absolute Gasteiger partial charge is 0.393 e. The van der Waals surface area contributed by atoms with E-state index in [0.29, 0.717) is 18.4 Å². The highest BCUT2D eigenvalue weighted by Gasteiger charge is 2.14. The van der Waals surface area contributed by atoms with E-state index in [0.717, 1.165) is 4.47 Å². The first kappa shape index (κ1) is 15.2. The summed E-state index contributed by atoms with van der Waals surface area (Å²) in [4.78, 5) is 0. The SMILES string of the molecule is CC(CC(O)Cc1cc(Br)ccc1F)c1ccccc1. The molecule has 2 rings (SSSR count). The Morgan fingerprint density at radius 2 is 1.85 bits per heavy atom. The molecule has 0 aliphatic rings. The van der Waals surface area contributed by atoms with E-state index < -0.39 is 6.10 Å². The zero-order chi connectivity index (χ0) is 14.5. The second-order valence-electron chi connectivity index (χ2n) is 5.14. The van der Waals surface area contributed by atoms with Gasteiger partial charge in [-0.15, -0.1) is 0 Å². The lowest BCUT2D eigenvalue weighted by molar-refractivity contribution is 0.156. The quantitative estimate of drug-likeness (QED) is 0.840. The van der Waals surface area contributed by atoms with Crippen molar-refractivity contribution in [3.8, 4) is 0 Å². The Morgan fingerprint density at radius 1 is 1.15 bits per heavy atom. The van der Waals surface area contributed by atoms with Gasteiger partial charge < -0.3 is 5.11 Å². The first-order chi connectivity index (χ1) is 9.56. The van der Waals surface area contributed by atoms with Crippen molar-refractivity contribution in [1.82, 2.24) is 0 Å². The number of hydrogen-bond donors (Lipinski definition) is 1. The predicted octanol–water partition coefficient (Wildman–Crippen LogP) is 4.69. The average molecular weight is 337 g/mol. The number of benzene rings is 2. The molecule has 0 amide bonds. The Kier molecular flexibility index (Phi) is 5.32. The molecule has 0 bridgehead atoms. The van der Waals surface area contributed by atoms with Crippen molar-refractivity contribution in [2.75, 3.05) is 0 Å². The van der Waals surface area contributed by atoms with Crippen LogP contribution in [0.25, 0.3) is 0 Å². The van der Waals surface area contributed by atoms with Crippen LogP contribution < -0.4 is 0 Å². The summed E-state index contributed by atoms with van der Waals surface area (Å²) in [7, 11) is 0. The molecule has 0 aliphatic heterocycles. The lowest BCUT2D eigenvalue weighted by Gasteiger charge is -2.17. The fourth-order valence-corrected chi connectivity index (χ4v) is 2.77. The van der Waals surface area contributed by atoms with E-state index in [1.807, 2.05) is 18.2 Å². The Balaban J connectivity index is 1.99. The Morgan fingerprint density at radius 3 is 2.55 bits per heavy atom. The summed E-state index contributed by atoms with van der Waals surface area (Å²) in [6, 6.07) is 14.9. The molecule has 106 valence electrons. The maximum absolute atomic E-state index is 13.7. The molecule has 1 N–H and O–H groups in total. The first-order valence-corrected chi connectivity index (χ1v) is 7.52. The highest BCUT2D eigenvalue weighted by Crippen LogP contribution is 2.23. The minimum atomic E-state index is -0.547. The molecule has 20 heavy (non-hydrogen) atoms. The van der Waals surface area contributed by atoms with Gasteiger partial charge in [-0.05, 0) is 41.7 Å². The summed E-state index contributed by atoms with van der Waals surface area (Å²) < 4.78 is 14.5. The van der Waals surface area contributed by atoms with Crippen LogP contribution in [-0.4, -0.2) is 11.2 Å². The van der Waals surface area contributed by atoms with Gasteiger partial charge in [-0.3, -0.25) is 0 Å². The average Bonchev–Trinajstić information content (AvgIpc) is 2.43. The first-order valence-electron chi connectivity index (χ1n) is 6.73. The molecular weight excluding hydrogens is 319 g/mol. The molecule has 1 nitrogen and oxygen atoms in total. The van der Waals surface area contributed by atoms with E-state index in [2.05, 4.69) is 35.0 Å². The van der Waals surface area contributed by atoms with Crippen molar-refractivity contribution in [2.24, 2.45) is 0 Å². The Hall–Kier alpha value is -1.19. The smallest absolute Gasteiger partial charge is 0.126 e. The Labute approximate surface area is 127 Å². The lowest BCUT2D eigenvalue weighted by Crippen LogP contribution is -2.14. The highest BCUT2D eigenvalue weighted by molar-refractivity contribution is 9.10. The molecule has 3 heteroatoms. The van der Waals surface area contributed by atoms with E-state index >= 15 is 0 Å². The second kappa shape index (κ2) is 7.00. The third kappa shape index (κ3) is 4.15. The maximum atomic E-state index is 13.7. The van der Waals surface area contributed by atoms with Gasteiger partial charge >= 0.3 is 0 Å². The van der Waals surface area contributed by atoms with Gasteiger partial charge in [-0.25, -0.2) is 4.39 Å². The Bertz CT molecular complexity index is 556. The van der Waals surface area contributed by atoms with Gasteiger partial charge in [-0.1, -0.05) is 53.2 Å². The molecule has 0 fully saturated rings. The van der Waals surface area contributed by atoms with Crippen molar-refractivity contribution in [3.05, 3.63) is 69.9 Å². The van der Waals surface area contributed by atoms with Crippen LogP contribution in [0.4, 0.5) is 4.39 Å².